The lowest BCUT2D eigenvalue weighted by Gasteiger charge is -2.35. The van der Waals surface area contributed by atoms with Gasteiger partial charge in [0.1, 0.15) is 0 Å². The number of carbonyl (C=O) groups excluding carboxylic acids is 2. The van der Waals surface area contributed by atoms with Crippen molar-refractivity contribution in [1.82, 2.24) is 9.80 Å². The average Bonchev–Trinajstić information content (AvgIpc) is 3.14. The highest BCUT2D eigenvalue weighted by molar-refractivity contribution is 7.27. The average molecular weight is 374 g/mol. The molecule has 0 spiro atoms. The smallest absolute Gasteiger partial charge is 0.264 e. The van der Waals surface area contributed by atoms with Gasteiger partial charge in [-0.3, -0.25) is 9.59 Å². The minimum Gasteiger partial charge on any atom is -0.339 e. The van der Waals surface area contributed by atoms with E-state index in [1.54, 1.807) is 22.7 Å². The van der Waals surface area contributed by atoms with Gasteiger partial charge in [-0.2, -0.15) is 0 Å². The maximum atomic E-state index is 12.6. The third-order valence-electron chi connectivity index (χ3n) is 4.00. The molecule has 2 aromatic rings. The van der Waals surface area contributed by atoms with Gasteiger partial charge >= 0.3 is 0 Å². The minimum atomic E-state index is -0.147. The van der Waals surface area contributed by atoms with E-state index in [4.69, 9.17) is 5.73 Å². The predicted molar refractivity (Wildman–Crippen MR) is 97.7 cm³/mol. The van der Waals surface area contributed by atoms with E-state index in [0.29, 0.717) is 32.7 Å². The fourth-order valence-electron chi connectivity index (χ4n) is 2.57. The number of hydrogen-bond donors (Lipinski definition) is 1. The lowest BCUT2D eigenvalue weighted by molar-refractivity contribution is -0.136. The first-order chi connectivity index (χ1) is 10.6. The van der Waals surface area contributed by atoms with Crippen LogP contribution in [0, 0.1) is 5.92 Å². The summed E-state index contributed by atoms with van der Waals surface area (Å²) in [4.78, 5) is 29.1. The number of carbonyl (C=O) groups is 2. The number of nitrogens with zero attached hydrogens (tertiary/aromatic N) is 2. The number of thiophene rings is 2. The fourth-order valence-corrected chi connectivity index (χ4v) is 4.65. The highest BCUT2D eigenvalue weighted by Gasteiger charge is 2.27. The normalized spacial score (nSPS) is 16.3. The molecular weight excluding hydrogens is 354 g/mol. The molecule has 3 rings (SSSR count). The molecule has 0 aliphatic carbocycles. The van der Waals surface area contributed by atoms with Crippen LogP contribution in [0.2, 0.25) is 0 Å². The van der Waals surface area contributed by atoms with Crippen LogP contribution < -0.4 is 5.73 Å². The highest BCUT2D eigenvalue weighted by atomic mass is 35.5. The van der Waals surface area contributed by atoms with Crippen molar-refractivity contribution in [2.45, 2.75) is 6.92 Å². The highest BCUT2D eigenvalue weighted by Crippen LogP contribution is 2.30. The van der Waals surface area contributed by atoms with Crippen LogP contribution in [0.3, 0.4) is 0 Å². The lowest BCUT2D eigenvalue weighted by atomic mass is 10.1. The first-order valence-electron chi connectivity index (χ1n) is 7.35. The van der Waals surface area contributed by atoms with Crippen molar-refractivity contribution in [1.29, 1.82) is 0 Å². The number of piperazine rings is 1. The third kappa shape index (κ3) is 3.68. The first kappa shape index (κ1) is 18.2. The van der Waals surface area contributed by atoms with Gasteiger partial charge in [0.05, 0.1) is 4.88 Å². The molecule has 1 saturated heterocycles. The van der Waals surface area contributed by atoms with Crippen LogP contribution in [0.25, 0.3) is 9.40 Å². The van der Waals surface area contributed by atoms with E-state index in [0.717, 1.165) is 4.88 Å². The summed E-state index contributed by atoms with van der Waals surface area (Å²) in [5.74, 6) is 0.0185. The molecule has 126 valence electrons. The molecule has 0 radical (unpaired) electrons. The van der Waals surface area contributed by atoms with Gasteiger partial charge < -0.3 is 15.5 Å². The molecule has 1 unspecified atom stereocenters. The number of halogens is 1. The Labute approximate surface area is 149 Å². The van der Waals surface area contributed by atoms with Gasteiger partial charge in [0, 0.05) is 48.0 Å². The van der Waals surface area contributed by atoms with Crippen molar-refractivity contribution in [3.63, 3.8) is 0 Å². The first-order valence-corrected chi connectivity index (χ1v) is 9.05. The molecule has 1 atom stereocenters. The van der Waals surface area contributed by atoms with Crippen LogP contribution in [-0.2, 0) is 4.79 Å². The Kier molecular flexibility index (Phi) is 6.02. The fraction of sp³-hybridized carbons (Fsp3) is 0.467. The summed E-state index contributed by atoms with van der Waals surface area (Å²) in [7, 11) is 0. The molecular formula is C15H20ClN3O2S2. The molecule has 1 aliphatic heterocycles. The largest absolute Gasteiger partial charge is 0.339 e. The number of nitrogens with two attached hydrogens (primary N) is 1. The molecule has 0 saturated carbocycles. The summed E-state index contributed by atoms with van der Waals surface area (Å²) >= 11 is 3.20. The van der Waals surface area contributed by atoms with Gasteiger partial charge in [-0.05, 0) is 17.5 Å². The summed E-state index contributed by atoms with van der Waals surface area (Å²) in [6.45, 7) is 4.58. The maximum absolute atomic E-state index is 12.6. The van der Waals surface area contributed by atoms with E-state index in [1.165, 1.54) is 9.40 Å². The number of hydrogen-bond acceptors (Lipinski definition) is 5. The van der Waals surface area contributed by atoms with Crippen molar-refractivity contribution >= 4 is 56.3 Å². The van der Waals surface area contributed by atoms with Gasteiger partial charge in [-0.1, -0.05) is 6.92 Å². The van der Waals surface area contributed by atoms with E-state index in [2.05, 4.69) is 0 Å². The lowest BCUT2D eigenvalue weighted by Crippen LogP contribution is -2.52. The Balaban J connectivity index is 0.00000192. The molecule has 0 bridgehead atoms. The summed E-state index contributed by atoms with van der Waals surface area (Å²) in [6, 6.07) is 4.02. The van der Waals surface area contributed by atoms with Crippen LogP contribution in [0.5, 0.6) is 0 Å². The van der Waals surface area contributed by atoms with Gasteiger partial charge in [-0.15, -0.1) is 35.1 Å². The van der Waals surface area contributed by atoms with Crippen molar-refractivity contribution in [2.24, 2.45) is 11.7 Å². The molecule has 1 fully saturated rings. The molecule has 2 amide bonds. The number of rotatable bonds is 3. The van der Waals surface area contributed by atoms with Crippen molar-refractivity contribution in [3.05, 3.63) is 22.4 Å². The Bertz CT molecular complexity index is 663. The van der Waals surface area contributed by atoms with Gasteiger partial charge in [0.25, 0.3) is 5.91 Å². The summed E-state index contributed by atoms with van der Waals surface area (Å²) < 4.78 is 2.33. The number of fused-ring (bicyclic) bond motifs is 1. The van der Waals surface area contributed by atoms with Gasteiger partial charge in [0.15, 0.2) is 0 Å². The monoisotopic (exact) mass is 373 g/mol. The predicted octanol–water partition coefficient (Wildman–Crippen LogP) is 2.26. The van der Waals surface area contributed by atoms with Crippen molar-refractivity contribution in [3.8, 4) is 0 Å². The van der Waals surface area contributed by atoms with Gasteiger partial charge in [-0.25, -0.2) is 0 Å². The summed E-state index contributed by atoms with van der Waals surface area (Å²) in [5.41, 5.74) is 5.55. The second-order valence-corrected chi connectivity index (χ2v) is 7.55. The van der Waals surface area contributed by atoms with Crippen LogP contribution in [0.4, 0.5) is 0 Å². The van der Waals surface area contributed by atoms with Crippen LogP contribution in [0.15, 0.2) is 17.5 Å². The SMILES string of the molecule is CC(CN)C(=O)N1CCN(C(=O)c2cc3sccc3s2)CC1.Cl. The summed E-state index contributed by atoms with van der Waals surface area (Å²) in [6.07, 6.45) is 0. The summed E-state index contributed by atoms with van der Waals surface area (Å²) in [5, 5.41) is 2.04. The van der Waals surface area contributed by atoms with E-state index in [9.17, 15) is 9.59 Å². The molecule has 1 aliphatic rings. The second-order valence-electron chi connectivity index (χ2n) is 5.51. The van der Waals surface area contributed by atoms with Gasteiger partial charge in [0.2, 0.25) is 5.91 Å². The van der Waals surface area contributed by atoms with E-state index in [-0.39, 0.29) is 30.1 Å². The second kappa shape index (κ2) is 7.61. The Hall–Kier alpha value is -1.15. The number of amides is 2. The van der Waals surface area contributed by atoms with Crippen LogP contribution >= 0.6 is 35.1 Å². The molecule has 8 heteroatoms. The Morgan fingerprint density at radius 2 is 1.87 bits per heavy atom. The maximum Gasteiger partial charge on any atom is 0.264 e. The topological polar surface area (TPSA) is 66.6 Å². The zero-order valence-electron chi connectivity index (χ0n) is 12.9. The molecule has 23 heavy (non-hydrogen) atoms. The van der Waals surface area contributed by atoms with Crippen molar-refractivity contribution < 1.29 is 9.59 Å². The zero-order valence-corrected chi connectivity index (χ0v) is 15.3. The standard InChI is InChI=1S/C15H19N3O2S2.ClH/c1-10(9-16)14(19)17-3-5-18(6-4-17)15(20)13-8-12-11(22-13)2-7-21-12;/h2,7-8,10H,3-6,9,16H2,1H3;1H. The third-order valence-corrected chi connectivity index (χ3v) is 6.09. The van der Waals surface area contributed by atoms with Crippen LogP contribution in [-0.4, -0.2) is 54.3 Å². The van der Waals surface area contributed by atoms with Crippen LogP contribution in [0.1, 0.15) is 16.6 Å². The molecule has 3 heterocycles. The van der Waals surface area contributed by atoms with Crippen molar-refractivity contribution in [2.75, 3.05) is 32.7 Å². The molecule has 2 aromatic heterocycles. The zero-order chi connectivity index (χ0) is 15.7. The minimum absolute atomic E-state index is 0. The quantitative estimate of drug-likeness (QED) is 0.897. The molecule has 2 N–H and O–H groups in total. The molecule has 5 nitrogen and oxygen atoms in total. The van der Waals surface area contributed by atoms with E-state index < -0.39 is 0 Å². The van der Waals surface area contributed by atoms with E-state index in [1.807, 2.05) is 34.2 Å². The van der Waals surface area contributed by atoms with E-state index >= 15 is 0 Å². The Morgan fingerprint density at radius 3 is 2.48 bits per heavy atom. The Morgan fingerprint density at radius 1 is 1.22 bits per heavy atom. The molecule has 0 aromatic carbocycles.